The van der Waals surface area contributed by atoms with Gasteiger partial charge in [0.05, 0.1) is 11.4 Å². The van der Waals surface area contributed by atoms with Crippen LogP contribution < -0.4 is 9.80 Å². The molecule has 0 bridgehead atoms. The van der Waals surface area contributed by atoms with E-state index in [2.05, 4.69) is 4.98 Å². The van der Waals surface area contributed by atoms with E-state index in [1.165, 1.54) is 46.3 Å². The number of carbonyl (C=O) groups excluding carboxylic acids is 2. The molecule has 3 rings (SSSR count). The number of likely N-dealkylation sites (N-methyl/N-ethyl adjacent to an activating group) is 1. The van der Waals surface area contributed by atoms with E-state index in [0.29, 0.717) is 10.8 Å². The highest BCUT2D eigenvalue weighted by atomic mass is 32.1. The Balaban J connectivity index is 1.79. The Hall–Kier alpha value is -3.32. The lowest BCUT2D eigenvalue weighted by molar-refractivity contribution is -0.116. The number of thiazole rings is 1. The third-order valence-electron chi connectivity index (χ3n) is 4.23. The summed E-state index contributed by atoms with van der Waals surface area (Å²) in [5.74, 6) is -1.07. The van der Waals surface area contributed by atoms with Crippen molar-refractivity contribution in [3.63, 3.8) is 0 Å². The highest BCUT2D eigenvalue weighted by Gasteiger charge is 2.20. The maximum atomic E-state index is 14.1. The molecule has 0 fully saturated rings. The van der Waals surface area contributed by atoms with Crippen molar-refractivity contribution in [1.82, 2.24) is 4.98 Å². The predicted octanol–water partition coefficient (Wildman–Crippen LogP) is 4.95. The van der Waals surface area contributed by atoms with Gasteiger partial charge in [-0.1, -0.05) is 24.3 Å². The molecule has 0 atom stereocenters. The molecule has 2 amide bonds. The van der Waals surface area contributed by atoms with E-state index in [4.69, 9.17) is 0 Å². The van der Waals surface area contributed by atoms with E-state index in [1.54, 1.807) is 30.6 Å². The molecule has 0 aliphatic carbocycles. The average Bonchev–Trinajstić information content (AvgIpc) is 3.15. The van der Waals surface area contributed by atoms with E-state index >= 15 is 0 Å². The average molecular weight is 409 g/mol. The van der Waals surface area contributed by atoms with Crippen LogP contribution in [0.1, 0.15) is 18.2 Å². The van der Waals surface area contributed by atoms with E-state index < -0.39 is 5.82 Å². The summed E-state index contributed by atoms with van der Waals surface area (Å²) in [7, 11) is 1.70. The fourth-order valence-corrected chi connectivity index (χ4v) is 3.58. The third kappa shape index (κ3) is 4.75. The molecular formula is C22H20FN3O2S. The minimum atomic E-state index is -0.509. The Labute approximate surface area is 172 Å². The van der Waals surface area contributed by atoms with Crippen molar-refractivity contribution in [3.8, 4) is 0 Å². The van der Waals surface area contributed by atoms with Gasteiger partial charge in [-0.05, 0) is 42.8 Å². The summed E-state index contributed by atoms with van der Waals surface area (Å²) >= 11 is 1.20. The van der Waals surface area contributed by atoms with Crippen molar-refractivity contribution in [3.05, 3.63) is 77.1 Å². The molecular weight excluding hydrogens is 389 g/mol. The number of rotatable bonds is 5. The lowest BCUT2D eigenvalue weighted by atomic mass is 10.2. The number of anilines is 3. The van der Waals surface area contributed by atoms with Gasteiger partial charge in [-0.3, -0.25) is 14.5 Å². The molecule has 0 N–H and O–H groups in total. The normalized spacial score (nSPS) is 10.9. The van der Waals surface area contributed by atoms with Crippen LogP contribution in [0.4, 0.5) is 20.9 Å². The molecule has 1 heterocycles. The topological polar surface area (TPSA) is 53.5 Å². The maximum Gasteiger partial charge on any atom is 0.250 e. The highest BCUT2D eigenvalue weighted by Crippen LogP contribution is 2.31. The van der Waals surface area contributed by atoms with Gasteiger partial charge in [-0.2, -0.15) is 0 Å². The van der Waals surface area contributed by atoms with Crippen molar-refractivity contribution in [2.45, 2.75) is 13.8 Å². The summed E-state index contributed by atoms with van der Waals surface area (Å²) in [5.41, 5.74) is 2.51. The molecule has 3 aromatic rings. The number of aromatic nitrogens is 1. The number of hydrogen-bond acceptors (Lipinski definition) is 4. The van der Waals surface area contributed by atoms with Crippen LogP contribution in [0.2, 0.25) is 0 Å². The van der Waals surface area contributed by atoms with E-state index in [9.17, 15) is 14.0 Å². The van der Waals surface area contributed by atoms with Gasteiger partial charge in [0, 0.05) is 31.1 Å². The second-order valence-electron chi connectivity index (χ2n) is 6.43. The van der Waals surface area contributed by atoms with E-state index in [-0.39, 0.29) is 17.5 Å². The van der Waals surface area contributed by atoms with Gasteiger partial charge in [0.15, 0.2) is 5.13 Å². The van der Waals surface area contributed by atoms with Crippen LogP contribution in [0.5, 0.6) is 0 Å². The summed E-state index contributed by atoms with van der Waals surface area (Å²) in [6, 6.07) is 13.7. The van der Waals surface area contributed by atoms with Gasteiger partial charge in [0.2, 0.25) is 5.91 Å². The minimum absolute atomic E-state index is 0.139. The zero-order chi connectivity index (χ0) is 21.0. The molecule has 0 aliphatic heterocycles. The molecule has 1 aromatic heterocycles. The molecule has 2 aromatic carbocycles. The molecule has 0 radical (unpaired) electrons. The summed E-state index contributed by atoms with van der Waals surface area (Å²) in [4.78, 5) is 31.7. The number of aryl methyl sites for hydroxylation is 1. The van der Waals surface area contributed by atoms with Crippen LogP contribution in [-0.4, -0.2) is 23.8 Å². The standard InChI is InChI=1S/C22H20FN3O2S/c1-15-7-6-8-18(13-15)25(3)21(28)12-11-17-14-29-22(24-17)26(16(2)27)20-10-5-4-9-19(20)23/h4-14H,1-3H3/b12-11-. The van der Waals surface area contributed by atoms with E-state index in [0.717, 1.165) is 11.3 Å². The Bertz CT molecular complexity index is 1080. The molecule has 0 saturated carbocycles. The minimum Gasteiger partial charge on any atom is -0.312 e. The molecule has 0 spiro atoms. The summed E-state index contributed by atoms with van der Waals surface area (Å²) < 4.78 is 14.1. The van der Waals surface area contributed by atoms with Gasteiger partial charge < -0.3 is 4.90 Å². The van der Waals surface area contributed by atoms with Crippen LogP contribution in [0.3, 0.4) is 0 Å². The zero-order valence-corrected chi connectivity index (χ0v) is 17.1. The second-order valence-corrected chi connectivity index (χ2v) is 7.27. The van der Waals surface area contributed by atoms with Crippen molar-refractivity contribution >= 4 is 45.7 Å². The first-order chi connectivity index (χ1) is 13.9. The molecule has 7 heteroatoms. The summed E-state index contributed by atoms with van der Waals surface area (Å²) in [6.45, 7) is 3.31. The Morgan fingerprint density at radius 2 is 1.90 bits per heavy atom. The highest BCUT2D eigenvalue weighted by molar-refractivity contribution is 7.14. The zero-order valence-electron chi connectivity index (χ0n) is 16.3. The van der Waals surface area contributed by atoms with Crippen molar-refractivity contribution in [2.75, 3.05) is 16.8 Å². The lowest BCUT2D eigenvalue weighted by Crippen LogP contribution is -2.24. The van der Waals surface area contributed by atoms with Crippen LogP contribution in [0, 0.1) is 12.7 Å². The Kier molecular flexibility index (Phi) is 6.19. The molecule has 0 aliphatic rings. The predicted molar refractivity (Wildman–Crippen MR) is 115 cm³/mol. The number of hydrogen-bond donors (Lipinski definition) is 0. The number of halogens is 1. The van der Waals surface area contributed by atoms with Crippen LogP contribution >= 0.6 is 11.3 Å². The maximum absolute atomic E-state index is 14.1. The van der Waals surface area contributed by atoms with Crippen LogP contribution in [-0.2, 0) is 9.59 Å². The number of para-hydroxylation sites is 1. The summed E-state index contributed by atoms with van der Waals surface area (Å²) in [5, 5.41) is 2.05. The quantitative estimate of drug-likeness (QED) is 0.560. The van der Waals surface area contributed by atoms with Gasteiger partial charge in [-0.25, -0.2) is 9.37 Å². The molecule has 5 nitrogen and oxygen atoms in total. The van der Waals surface area contributed by atoms with Gasteiger partial charge in [0.25, 0.3) is 5.91 Å². The fraction of sp³-hybridized carbons (Fsp3) is 0.136. The first kappa shape index (κ1) is 20.4. The number of amides is 2. The molecule has 29 heavy (non-hydrogen) atoms. The second kappa shape index (κ2) is 8.79. The third-order valence-corrected chi connectivity index (χ3v) is 5.07. The van der Waals surface area contributed by atoms with Crippen molar-refractivity contribution in [2.24, 2.45) is 0 Å². The van der Waals surface area contributed by atoms with E-state index in [1.807, 2.05) is 31.2 Å². The fourth-order valence-electron chi connectivity index (χ4n) is 2.73. The number of nitrogens with zero attached hydrogens (tertiary/aromatic N) is 3. The molecule has 0 saturated heterocycles. The first-order valence-corrected chi connectivity index (χ1v) is 9.78. The summed E-state index contributed by atoms with van der Waals surface area (Å²) in [6.07, 6.45) is 3.00. The van der Waals surface area contributed by atoms with Crippen molar-refractivity contribution < 1.29 is 14.0 Å². The monoisotopic (exact) mass is 409 g/mol. The molecule has 148 valence electrons. The number of carbonyl (C=O) groups is 2. The largest absolute Gasteiger partial charge is 0.312 e. The molecule has 0 unspecified atom stereocenters. The smallest absolute Gasteiger partial charge is 0.250 e. The first-order valence-electron chi connectivity index (χ1n) is 8.90. The van der Waals surface area contributed by atoms with Crippen LogP contribution in [0.25, 0.3) is 6.08 Å². The SMILES string of the molecule is CC(=O)N(c1nc(/C=C\C(=O)N(C)c2cccc(C)c2)cs1)c1ccccc1F. The Morgan fingerprint density at radius 3 is 2.59 bits per heavy atom. The van der Waals surface area contributed by atoms with Gasteiger partial charge >= 0.3 is 0 Å². The van der Waals surface area contributed by atoms with Gasteiger partial charge in [-0.15, -0.1) is 11.3 Å². The number of benzene rings is 2. The van der Waals surface area contributed by atoms with Crippen molar-refractivity contribution in [1.29, 1.82) is 0 Å². The van der Waals surface area contributed by atoms with Gasteiger partial charge in [0.1, 0.15) is 5.82 Å². The lowest BCUT2D eigenvalue weighted by Gasteiger charge is -2.18. The Morgan fingerprint density at radius 1 is 1.14 bits per heavy atom. The van der Waals surface area contributed by atoms with Crippen LogP contribution in [0.15, 0.2) is 60.0 Å².